The maximum absolute atomic E-state index is 10.9. The first kappa shape index (κ1) is 12.6. The summed E-state index contributed by atoms with van der Waals surface area (Å²) in [5, 5.41) is 0. The molecule has 1 amide bonds. The fourth-order valence-electron chi connectivity index (χ4n) is 2.33. The van der Waals surface area contributed by atoms with Crippen molar-refractivity contribution in [2.24, 2.45) is 5.73 Å². The van der Waals surface area contributed by atoms with Gasteiger partial charge in [0.15, 0.2) is 0 Å². The molecule has 1 aliphatic carbocycles. The van der Waals surface area contributed by atoms with Crippen LogP contribution in [0.3, 0.4) is 0 Å². The van der Waals surface area contributed by atoms with Crippen LogP contribution in [0.1, 0.15) is 18.4 Å². The van der Waals surface area contributed by atoms with Crippen LogP contribution in [0, 0.1) is 0 Å². The molecule has 1 aromatic carbocycles. The summed E-state index contributed by atoms with van der Waals surface area (Å²) in [5.41, 5.74) is 6.80. The third-order valence-corrected chi connectivity index (χ3v) is 3.84. The van der Waals surface area contributed by atoms with Crippen LogP contribution >= 0.6 is 15.9 Å². The first-order valence-electron chi connectivity index (χ1n) is 5.75. The van der Waals surface area contributed by atoms with Crippen LogP contribution in [-0.2, 0) is 10.2 Å². The highest BCUT2D eigenvalue weighted by atomic mass is 79.9. The standard InChI is InChI=1S/C13H17BrN2O/c1-16(8-12(15)17)9-13(6-7-13)10-2-4-11(14)5-3-10/h2-5H,6-9H2,1H3,(H2,15,17). The molecule has 0 atom stereocenters. The lowest BCUT2D eigenvalue weighted by Gasteiger charge is -2.23. The average molecular weight is 297 g/mol. The lowest BCUT2D eigenvalue weighted by Crippen LogP contribution is -2.36. The van der Waals surface area contributed by atoms with E-state index in [4.69, 9.17) is 5.73 Å². The van der Waals surface area contributed by atoms with Gasteiger partial charge in [0.25, 0.3) is 0 Å². The summed E-state index contributed by atoms with van der Waals surface area (Å²) >= 11 is 3.44. The second-order valence-electron chi connectivity index (χ2n) is 4.93. The van der Waals surface area contributed by atoms with Gasteiger partial charge in [0, 0.05) is 16.4 Å². The molecule has 0 radical (unpaired) electrons. The minimum atomic E-state index is -0.265. The predicted octanol–water partition coefficient (Wildman–Crippen LogP) is 1.90. The quantitative estimate of drug-likeness (QED) is 0.902. The van der Waals surface area contributed by atoms with Gasteiger partial charge in [0.05, 0.1) is 6.54 Å². The van der Waals surface area contributed by atoms with Crippen molar-refractivity contribution in [2.75, 3.05) is 20.1 Å². The fourth-order valence-corrected chi connectivity index (χ4v) is 2.60. The fraction of sp³-hybridized carbons (Fsp3) is 0.462. The molecule has 1 aliphatic rings. The van der Waals surface area contributed by atoms with Gasteiger partial charge < -0.3 is 5.73 Å². The van der Waals surface area contributed by atoms with E-state index in [2.05, 4.69) is 40.2 Å². The number of nitrogens with two attached hydrogens (primary N) is 1. The molecule has 0 unspecified atom stereocenters. The minimum Gasteiger partial charge on any atom is -0.369 e. The molecule has 0 spiro atoms. The Labute approximate surface area is 110 Å². The number of amides is 1. The van der Waals surface area contributed by atoms with Gasteiger partial charge in [-0.25, -0.2) is 0 Å². The van der Waals surface area contributed by atoms with Crippen LogP contribution in [0.25, 0.3) is 0 Å². The summed E-state index contributed by atoms with van der Waals surface area (Å²) in [4.78, 5) is 12.9. The first-order chi connectivity index (χ1) is 8.02. The molecule has 0 bridgehead atoms. The largest absolute Gasteiger partial charge is 0.369 e. The van der Waals surface area contributed by atoms with Gasteiger partial charge in [-0.1, -0.05) is 28.1 Å². The SMILES string of the molecule is CN(CC(N)=O)CC1(c2ccc(Br)cc2)CC1. The molecular formula is C13H17BrN2O. The van der Waals surface area contributed by atoms with Crippen molar-refractivity contribution >= 4 is 21.8 Å². The number of likely N-dealkylation sites (N-methyl/N-ethyl adjacent to an activating group) is 1. The Morgan fingerprint density at radius 1 is 1.41 bits per heavy atom. The number of benzene rings is 1. The summed E-state index contributed by atoms with van der Waals surface area (Å²) in [7, 11) is 1.95. The zero-order chi connectivity index (χ0) is 12.5. The lowest BCUT2D eigenvalue weighted by atomic mass is 9.95. The van der Waals surface area contributed by atoms with E-state index in [-0.39, 0.29) is 11.3 Å². The molecule has 0 aromatic heterocycles. The molecule has 1 saturated carbocycles. The van der Waals surface area contributed by atoms with E-state index >= 15 is 0 Å². The maximum Gasteiger partial charge on any atom is 0.231 e. The van der Waals surface area contributed by atoms with Gasteiger partial charge in [0.2, 0.25) is 5.91 Å². The first-order valence-corrected chi connectivity index (χ1v) is 6.54. The molecular weight excluding hydrogens is 280 g/mol. The second-order valence-corrected chi connectivity index (χ2v) is 5.84. The van der Waals surface area contributed by atoms with E-state index in [1.54, 1.807) is 0 Å². The van der Waals surface area contributed by atoms with E-state index in [0.29, 0.717) is 6.54 Å². The maximum atomic E-state index is 10.9. The van der Waals surface area contributed by atoms with Gasteiger partial charge in [0.1, 0.15) is 0 Å². The molecule has 2 N–H and O–H groups in total. The normalized spacial score (nSPS) is 17.1. The van der Waals surface area contributed by atoms with Crippen molar-refractivity contribution < 1.29 is 4.79 Å². The third kappa shape index (κ3) is 3.07. The van der Waals surface area contributed by atoms with E-state index in [0.717, 1.165) is 11.0 Å². The van der Waals surface area contributed by atoms with E-state index < -0.39 is 0 Å². The van der Waals surface area contributed by atoms with Gasteiger partial charge in [-0.3, -0.25) is 9.69 Å². The molecule has 0 saturated heterocycles. The highest BCUT2D eigenvalue weighted by Crippen LogP contribution is 2.48. The van der Waals surface area contributed by atoms with Crippen molar-refractivity contribution in [2.45, 2.75) is 18.3 Å². The molecule has 0 heterocycles. The Hall–Kier alpha value is -0.870. The van der Waals surface area contributed by atoms with Crippen LogP contribution in [-0.4, -0.2) is 30.9 Å². The number of rotatable bonds is 5. The Morgan fingerprint density at radius 3 is 2.47 bits per heavy atom. The Morgan fingerprint density at radius 2 is 2.00 bits per heavy atom. The summed E-state index contributed by atoms with van der Waals surface area (Å²) in [6.45, 7) is 1.23. The van der Waals surface area contributed by atoms with Crippen LogP contribution in [0.5, 0.6) is 0 Å². The van der Waals surface area contributed by atoms with Crippen molar-refractivity contribution in [1.29, 1.82) is 0 Å². The molecule has 3 nitrogen and oxygen atoms in total. The third-order valence-electron chi connectivity index (χ3n) is 3.31. The Balaban J connectivity index is 2.04. The molecule has 1 aromatic rings. The van der Waals surface area contributed by atoms with Crippen molar-refractivity contribution in [3.8, 4) is 0 Å². The van der Waals surface area contributed by atoms with Crippen LogP contribution < -0.4 is 5.73 Å². The smallest absolute Gasteiger partial charge is 0.231 e. The number of halogens is 1. The second kappa shape index (κ2) is 4.78. The summed E-state index contributed by atoms with van der Waals surface area (Å²) < 4.78 is 1.10. The van der Waals surface area contributed by atoms with Crippen molar-refractivity contribution in [1.82, 2.24) is 4.90 Å². The summed E-state index contributed by atoms with van der Waals surface area (Å²) in [6, 6.07) is 8.47. The van der Waals surface area contributed by atoms with Crippen LogP contribution in [0.2, 0.25) is 0 Å². The van der Waals surface area contributed by atoms with E-state index in [1.807, 2.05) is 11.9 Å². The Kier molecular flexibility index (Phi) is 3.54. The monoisotopic (exact) mass is 296 g/mol. The topological polar surface area (TPSA) is 46.3 Å². The number of hydrogen-bond acceptors (Lipinski definition) is 2. The predicted molar refractivity (Wildman–Crippen MR) is 71.7 cm³/mol. The molecule has 1 fully saturated rings. The van der Waals surface area contributed by atoms with E-state index in [1.165, 1.54) is 18.4 Å². The minimum absolute atomic E-state index is 0.241. The number of carbonyl (C=O) groups is 1. The lowest BCUT2D eigenvalue weighted by molar-refractivity contribution is -0.118. The zero-order valence-electron chi connectivity index (χ0n) is 9.95. The highest BCUT2D eigenvalue weighted by Gasteiger charge is 2.44. The molecule has 2 rings (SSSR count). The van der Waals surface area contributed by atoms with Crippen molar-refractivity contribution in [3.63, 3.8) is 0 Å². The molecule has 0 aliphatic heterocycles. The zero-order valence-corrected chi connectivity index (χ0v) is 11.5. The van der Waals surface area contributed by atoms with E-state index in [9.17, 15) is 4.79 Å². The van der Waals surface area contributed by atoms with Crippen molar-refractivity contribution in [3.05, 3.63) is 34.3 Å². The Bertz CT molecular complexity index is 412. The molecule has 92 valence electrons. The number of primary amides is 1. The highest BCUT2D eigenvalue weighted by molar-refractivity contribution is 9.10. The number of carbonyl (C=O) groups excluding carboxylic acids is 1. The summed E-state index contributed by atoms with van der Waals surface area (Å²) in [5.74, 6) is -0.265. The van der Waals surface area contributed by atoms with Gasteiger partial charge in [-0.15, -0.1) is 0 Å². The molecule has 4 heteroatoms. The van der Waals surface area contributed by atoms with Crippen LogP contribution in [0.4, 0.5) is 0 Å². The number of nitrogens with zero attached hydrogens (tertiary/aromatic N) is 1. The number of hydrogen-bond donors (Lipinski definition) is 1. The average Bonchev–Trinajstić information content (AvgIpc) is 2.98. The van der Waals surface area contributed by atoms with Gasteiger partial charge >= 0.3 is 0 Å². The molecule has 17 heavy (non-hydrogen) atoms. The van der Waals surface area contributed by atoms with Crippen LogP contribution in [0.15, 0.2) is 28.7 Å². The van der Waals surface area contributed by atoms with Gasteiger partial charge in [-0.2, -0.15) is 0 Å². The summed E-state index contributed by atoms with van der Waals surface area (Å²) in [6.07, 6.45) is 2.38. The van der Waals surface area contributed by atoms with Gasteiger partial charge in [-0.05, 0) is 37.6 Å².